The molecule has 18 heavy (non-hydrogen) atoms. The van der Waals surface area contributed by atoms with Crippen LogP contribution >= 0.6 is 0 Å². The number of aromatic nitrogens is 2. The number of hydrogen-bond acceptors (Lipinski definition) is 4. The van der Waals surface area contributed by atoms with E-state index >= 15 is 0 Å². The number of rotatable bonds is 5. The molecule has 0 atom stereocenters. The maximum atomic E-state index is 12.6. The van der Waals surface area contributed by atoms with Crippen LogP contribution < -0.4 is 10.6 Å². The van der Waals surface area contributed by atoms with E-state index in [1.54, 1.807) is 4.90 Å². The fraction of sp³-hybridized carbons (Fsp3) is 0.636. The molecule has 102 valence electrons. The molecule has 0 bridgehead atoms. The molecule has 0 unspecified atom stereocenters. The first-order valence-corrected chi connectivity index (χ1v) is 5.85. The zero-order valence-electron chi connectivity index (χ0n) is 10.5. The van der Waals surface area contributed by atoms with Gasteiger partial charge in [0.05, 0.1) is 0 Å². The maximum Gasteiger partial charge on any atom is 0.433 e. The van der Waals surface area contributed by atoms with Gasteiger partial charge in [0, 0.05) is 19.2 Å². The molecule has 0 saturated heterocycles. The molecule has 1 rings (SSSR count). The molecule has 0 spiro atoms. The van der Waals surface area contributed by atoms with Crippen LogP contribution in [0.2, 0.25) is 0 Å². The van der Waals surface area contributed by atoms with Crippen molar-refractivity contribution in [1.29, 1.82) is 0 Å². The zero-order chi connectivity index (χ0) is 13.8. The van der Waals surface area contributed by atoms with Gasteiger partial charge in [0.1, 0.15) is 5.82 Å². The highest BCUT2D eigenvalue weighted by molar-refractivity contribution is 5.44. The van der Waals surface area contributed by atoms with Crippen LogP contribution in [0, 0.1) is 0 Å². The lowest BCUT2D eigenvalue weighted by Gasteiger charge is -2.23. The van der Waals surface area contributed by atoms with Gasteiger partial charge in [-0.3, -0.25) is 0 Å². The molecule has 1 aromatic heterocycles. The molecule has 0 saturated carbocycles. The molecule has 0 aliphatic heterocycles. The summed E-state index contributed by atoms with van der Waals surface area (Å²) in [4.78, 5) is 8.89. The topological polar surface area (TPSA) is 55.0 Å². The van der Waals surface area contributed by atoms with Gasteiger partial charge < -0.3 is 10.6 Å². The van der Waals surface area contributed by atoms with Gasteiger partial charge in [-0.25, -0.2) is 4.98 Å². The molecule has 4 nitrogen and oxygen atoms in total. The smallest absolute Gasteiger partial charge is 0.368 e. The molecule has 0 aliphatic carbocycles. The number of hydrogen-bond donors (Lipinski definition) is 1. The molecule has 2 N–H and O–H groups in total. The van der Waals surface area contributed by atoms with Crippen LogP contribution in [0.15, 0.2) is 6.07 Å². The van der Waals surface area contributed by atoms with E-state index in [0.717, 1.165) is 18.9 Å². The van der Waals surface area contributed by atoms with Crippen molar-refractivity contribution in [2.24, 2.45) is 0 Å². The number of nitrogens with zero attached hydrogens (tertiary/aromatic N) is 3. The van der Waals surface area contributed by atoms with Crippen molar-refractivity contribution in [3.05, 3.63) is 11.8 Å². The summed E-state index contributed by atoms with van der Waals surface area (Å²) in [5.41, 5.74) is 4.34. The van der Waals surface area contributed by atoms with Gasteiger partial charge in [0.15, 0.2) is 5.69 Å². The Morgan fingerprint density at radius 1 is 1.17 bits per heavy atom. The molecule has 7 heteroatoms. The Kier molecular flexibility index (Phi) is 4.75. The number of alkyl halides is 3. The Morgan fingerprint density at radius 3 is 2.17 bits per heavy atom. The quantitative estimate of drug-likeness (QED) is 0.886. The van der Waals surface area contributed by atoms with Crippen molar-refractivity contribution in [3.8, 4) is 0 Å². The van der Waals surface area contributed by atoms with Crippen LogP contribution in [-0.2, 0) is 6.18 Å². The van der Waals surface area contributed by atoms with E-state index in [4.69, 9.17) is 5.73 Å². The van der Waals surface area contributed by atoms with Gasteiger partial charge >= 0.3 is 6.18 Å². The van der Waals surface area contributed by atoms with Crippen molar-refractivity contribution in [1.82, 2.24) is 9.97 Å². The Balaban J connectivity index is 3.10. The van der Waals surface area contributed by atoms with E-state index in [2.05, 4.69) is 9.97 Å². The third-order valence-corrected chi connectivity index (χ3v) is 2.33. The van der Waals surface area contributed by atoms with Crippen LogP contribution in [0.4, 0.5) is 24.9 Å². The first kappa shape index (κ1) is 14.5. The zero-order valence-corrected chi connectivity index (χ0v) is 10.5. The first-order chi connectivity index (χ1) is 8.38. The fourth-order valence-electron chi connectivity index (χ4n) is 1.64. The van der Waals surface area contributed by atoms with Crippen molar-refractivity contribution in [2.75, 3.05) is 23.7 Å². The molecule has 0 aromatic carbocycles. The SMILES string of the molecule is CCCN(CCC)c1cc(C(F)(F)F)nc(N)n1. The lowest BCUT2D eigenvalue weighted by molar-refractivity contribution is -0.141. The molecular weight excluding hydrogens is 245 g/mol. The summed E-state index contributed by atoms with van der Waals surface area (Å²) < 4.78 is 37.9. The van der Waals surface area contributed by atoms with Gasteiger partial charge in [-0.15, -0.1) is 0 Å². The summed E-state index contributed by atoms with van der Waals surface area (Å²) >= 11 is 0. The molecular formula is C11H17F3N4. The van der Waals surface area contributed by atoms with Crippen molar-refractivity contribution < 1.29 is 13.2 Å². The second kappa shape index (κ2) is 5.88. The maximum absolute atomic E-state index is 12.6. The lowest BCUT2D eigenvalue weighted by atomic mass is 10.3. The molecule has 1 heterocycles. The van der Waals surface area contributed by atoms with Crippen LogP contribution in [0.1, 0.15) is 32.4 Å². The predicted octanol–water partition coefficient (Wildman–Crippen LogP) is 2.70. The van der Waals surface area contributed by atoms with Crippen LogP contribution in [0.25, 0.3) is 0 Å². The molecule has 0 radical (unpaired) electrons. The van der Waals surface area contributed by atoms with E-state index in [-0.39, 0.29) is 11.8 Å². The molecule has 0 amide bonds. The average molecular weight is 262 g/mol. The summed E-state index contributed by atoms with van der Waals surface area (Å²) in [6, 6.07) is 0.946. The summed E-state index contributed by atoms with van der Waals surface area (Å²) in [6.45, 7) is 5.19. The summed E-state index contributed by atoms with van der Waals surface area (Å²) in [5, 5.41) is 0. The number of halogens is 3. The van der Waals surface area contributed by atoms with Crippen LogP contribution in [0.3, 0.4) is 0 Å². The highest BCUT2D eigenvalue weighted by Crippen LogP contribution is 2.30. The summed E-state index contributed by atoms with van der Waals surface area (Å²) in [7, 11) is 0. The molecule has 0 fully saturated rings. The number of anilines is 2. The van der Waals surface area contributed by atoms with Gasteiger partial charge in [0.2, 0.25) is 5.95 Å². The van der Waals surface area contributed by atoms with Gasteiger partial charge in [-0.1, -0.05) is 13.8 Å². The van der Waals surface area contributed by atoms with Gasteiger partial charge in [0.25, 0.3) is 0 Å². The first-order valence-electron chi connectivity index (χ1n) is 5.85. The largest absolute Gasteiger partial charge is 0.433 e. The Hall–Kier alpha value is -1.53. The van der Waals surface area contributed by atoms with E-state index in [0.29, 0.717) is 13.1 Å². The normalized spacial score (nSPS) is 11.6. The minimum absolute atomic E-state index is 0.235. The molecule has 0 aliphatic rings. The third-order valence-electron chi connectivity index (χ3n) is 2.33. The number of nitrogen functional groups attached to an aromatic ring is 1. The van der Waals surface area contributed by atoms with Crippen LogP contribution in [0.5, 0.6) is 0 Å². The number of nitrogens with two attached hydrogens (primary N) is 1. The van der Waals surface area contributed by atoms with Crippen molar-refractivity contribution in [3.63, 3.8) is 0 Å². The van der Waals surface area contributed by atoms with Crippen LogP contribution in [-0.4, -0.2) is 23.1 Å². The van der Waals surface area contributed by atoms with E-state index in [1.807, 2.05) is 13.8 Å². The Labute approximate surface area is 104 Å². The second-order valence-corrected chi connectivity index (χ2v) is 3.95. The van der Waals surface area contributed by atoms with Crippen molar-refractivity contribution in [2.45, 2.75) is 32.9 Å². The highest BCUT2D eigenvalue weighted by Gasteiger charge is 2.34. The summed E-state index contributed by atoms with van der Waals surface area (Å²) in [6.07, 6.45) is -2.85. The average Bonchev–Trinajstić information content (AvgIpc) is 2.27. The monoisotopic (exact) mass is 262 g/mol. The summed E-state index contributed by atoms with van der Waals surface area (Å²) in [5.74, 6) is -0.115. The lowest BCUT2D eigenvalue weighted by Crippen LogP contribution is -2.27. The van der Waals surface area contributed by atoms with E-state index in [9.17, 15) is 13.2 Å². The Bertz CT molecular complexity index is 386. The van der Waals surface area contributed by atoms with E-state index in [1.165, 1.54) is 0 Å². The predicted molar refractivity (Wildman–Crippen MR) is 64.2 cm³/mol. The third kappa shape index (κ3) is 3.75. The molecule has 1 aromatic rings. The second-order valence-electron chi connectivity index (χ2n) is 3.95. The minimum Gasteiger partial charge on any atom is -0.368 e. The minimum atomic E-state index is -4.50. The van der Waals surface area contributed by atoms with Crippen molar-refractivity contribution >= 4 is 11.8 Å². The fourth-order valence-corrected chi connectivity index (χ4v) is 1.64. The standard InChI is InChI=1S/C11H17F3N4/c1-3-5-18(6-4-2)9-7-8(11(12,13)14)16-10(15)17-9/h7H,3-6H2,1-2H3,(H2,15,16,17). The van der Waals surface area contributed by atoms with Gasteiger partial charge in [-0.2, -0.15) is 18.2 Å². The van der Waals surface area contributed by atoms with E-state index < -0.39 is 11.9 Å². The van der Waals surface area contributed by atoms with Gasteiger partial charge in [-0.05, 0) is 12.8 Å². The Morgan fingerprint density at radius 2 is 1.72 bits per heavy atom. The highest BCUT2D eigenvalue weighted by atomic mass is 19.4.